The number of hydrogen-bond donors (Lipinski definition) is 1. The van der Waals surface area contributed by atoms with E-state index >= 15 is 0 Å². The van der Waals surface area contributed by atoms with Crippen LogP contribution < -0.4 is 9.47 Å². The van der Waals surface area contributed by atoms with Crippen molar-refractivity contribution in [2.75, 3.05) is 33.3 Å². The maximum Gasteiger partial charge on any atom is 0.308 e. The van der Waals surface area contributed by atoms with E-state index in [-0.39, 0.29) is 40.0 Å². The highest BCUT2D eigenvalue weighted by Crippen LogP contribution is 2.43. The van der Waals surface area contributed by atoms with Crippen molar-refractivity contribution in [2.45, 2.75) is 33.7 Å². The van der Waals surface area contributed by atoms with Crippen molar-refractivity contribution in [3.8, 4) is 11.5 Å². The number of aliphatic hydroxyl groups is 1. The minimum Gasteiger partial charge on any atom is -0.507 e. The van der Waals surface area contributed by atoms with Crippen LogP contribution in [0.2, 0.25) is 5.02 Å². The third-order valence-corrected chi connectivity index (χ3v) is 6.45. The molecule has 3 rings (SSSR count). The lowest BCUT2D eigenvalue weighted by molar-refractivity contribution is -0.140. The van der Waals surface area contributed by atoms with Crippen LogP contribution in [0.5, 0.6) is 11.5 Å². The molecule has 0 bridgehead atoms. The molecule has 0 saturated carbocycles. The van der Waals surface area contributed by atoms with Gasteiger partial charge >= 0.3 is 5.97 Å². The Kier molecular flexibility index (Phi) is 8.76. The van der Waals surface area contributed by atoms with Gasteiger partial charge < -0.3 is 24.4 Å². The number of carbonyl (C=O) groups is 3. The van der Waals surface area contributed by atoms with Crippen molar-refractivity contribution in [1.29, 1.82) is 0 Å². The van der Waals surface area contributed by atoms with Crippen LogP contribution in [0, 0.1) is 6.92 Å². The molecule has 1 N–H and O–H groups in total. The number of aliphatic hydroxyl groups excluding tert-OH is 1. The molecular weight excluding hydrogens is 484 g/mol. The Balaban J connectivity index is 2.22. The van der Waals surface area contributed by atoms with E-state index in [1.165, 1.54) is 18.9 Å². The number of amides is 1. The zero-order valence-corrected chi connectivity index (χ0v) is 21.9. The number of rotatable bonds is 9. The number of ether oxygens (including phenoxy) is 2. The Morgan fingerprint density at radius 2 is 1.86 bits per heavy atom. The number of likely N-dealkylation sites (tertiary alicyclic amines) is 1. The molecule has 1 atom stereocenters. The molecule has 1 fully saturated rings. The van der Waals surface area contributed by atoms with Crippen molar-refractivity contribution in [3.05, 3.63) is 63.7 Å². The summed E-state index contributed by atoms with van der Waals surface area (Å²) in [7, 11) is 1.41. The van der Waals surface area contributed by atoms with Gasteiger partial charge in [0.05, 0.1) is 29.3 Å². The zero-order chi connectivity index (χ0) is 26.6. The van der Waals surface area contributed by atoms with Gasteiger partial charge in [-0.05, 0) is 55.4 Å². The first-order valence-electron chi connectivity index (χ1n) is 11.8. The Morgan fingerprint density at radius 3 is 2.47 bits per heavy atom. The summed E-state index contributed by atoms with van der Waals surface area (Å²) in [6.45, 7) is 9.49. The highest BCUT2D eigenvalue weighted by atomic mass is 35.5. The summed E-state index contributed by atoms with van der Waals surface area (Å²) in [6, 6.07) is 9.02. The molecule has 0 aliphatic carbocycles. The van der Waals surface area contributed by atoms with Crippen molar-refractivity contribution in [2.24, 2.45) is 0 Å². The second kappa shape index (κ2) is 11.6. The van der Waals surface area contributed by atoms with E-state index in [9.17, 15) is 19.5 Å². The minimum absolute atomic E-state index is 0.0838. The molecule has 1 saturated heterocycles. The Bertz CT molecular complexity index is 1200. The lowest BCUT2D eigenvalue weighted by Gasteiger charge is -2.28. The van der Waals surface area contributed by atoms with Crippen LogP contribution >= 0.6 is 11.6 Å². The molecule has 0 spiro atoms. The van der Waals surface area contributed by atoms with E-state index in [0.717, 1.165) is 18.7 Å². The molecule has 0 aromatic heterocycles. The summed E-state index contributed by atoms with van der Waals surface area (Å²) in [5.74, 6) is -1.95. The topological polar surface area (TPSA) is 96.4 Å². The summed E-state index contributed by atoms with van der Waals surface area (Å²) in [4.78, 5) is 41.7. The fraction of sp³-hybridized carbons (Fsp3) is 0.370. The van der Waals surface area contributed by atoms with Crippen LogP contribution in [0.25, 0.3) is 5.76 Å². The van der Waals surface area contributed by atoms with Crippen LogP contribution in [0.15, 0.2) is 42.0 Å². The fourth-order valence-corrected chi connectivity index (χ4v) is 4.77. The third kappa shape index (κ3) is 5.55. The number of Topliss-reactive ketones (excluding diaryl/α,β-unsaturated/α-hetero) is 1. The van der Waals surface area contributed by atoms with E-state index in [2.05, 4.69) is 4.90 Å². The van der Waals surface area contributed by atoms with Crippen molar-refractivity contribution in [3.63, 3.8) is 0 Å². The van der Waals surface area contributed by atoms with E-state index in [1.807, 2.05) is 13.8 Å². The van der Waals surface area contributed by atoms with Gasteiger partial charge in [0.25, 0.3) is 11.7 Å². The monoisotopic (exact) mass is 514 g/mol. The van der Waals surface area contributed by atoms with Crippen molar-refractivity contribution >= 4 is 35.0 Å². The molecule has 192 valence electrons. The fourth-order valence-electron chi connectivity index (χ4n) is 4.42. The summed E-state index contributed by atoms with van der Waals surface area (Å²) >= 11 is 6.34. The van der Waals surface area contributed by atoms with Gasteiger partial charge in [0.1, 0.15) is 17.3 Å². The van der Waals surface area contributed by atoms with Gasteiger partial charge in [-0.15, -0.1) is 0 Å². The summed E-state index contributed by atoms with van der Waals surface area (Å²) < 4.78 is 10.6. The SMILES string of the molecule is CCN(CC)CCN1C(=O)C(=O)/C(=C(/O)c2cc(C)cc(Cl)c2OC)C1c1cccc(OC(C)=O)c1. The summed E-state index contributed by atoms with van der Waals surface area (Å²) in [5.41, 5.74) is 1.39. The van der Waals surface area contributed by atoms with Gasteiger partial charge in [-0.2, -0.15) is 0 Å². The number of likely N-dealkylation sites (N-methyl/N-ethyl adjacent to an activating group) is 1. The van der Waals surface area contributed by atoms with Crippen LogP contribution in [0.4, 0.5) is 0 Å². The maximum absolute atomic E-state index is 13.3. The van der Waals surface area contributed by atoms with E-state index < -0.39 is 23.7 Å². The number of benzene rings is 2. The van der Waals surface area contributed by atoms with Gasteiger partial charge in [0, 0.05) is 20.0 Å². The number of hydrogen-bond acceptors (Lipinski definition) is 7. The number of halogens is 1. The predicted molar refractivity (Wildman–Crippen MR) is 137 cm³/mol. The molecule has 36 heavy (non-hydrogen) atoms. The second-order valence-corrected chi connectivity index (χ2v) is 8.92. The van der Waals surface area contributed by atoms with Crippen LogP contribution in [-0.4, -0.2) is 65.9 Å². The van der Waals surface area contributed by atoms with Crippen LogP contribution in [0.3, 0.4) is 0 Å². The van der Waals surface area contributed by atoms with Gasteiger partial charge in [0.2, 0.25) is 0 Å². The number of esters is 1. The molecule has 8 nitrogen and oxygen atoms in total. The smallest absolute Gasteiger partial charge is 0.308 e. The van der Waals surface area contributed by atoms with Gasteiger partial charge in [0.15, 0.2) is 0 Å². The first kappa shape index (κ1) is 27.2. The largest absolute Gasteiger partial charge is 0.507 e. The Labute approximate surface area is 216 Å². The molecule has 1 aliphatic rings. The lowest BCUT2D eigenvalue weighted by Crippen LogP contribution is -2.38. The van der Waals surface area contributed by atoms with Crippen LogP contribution in [0.1, 0.15) is 43.5 Å². The van der Waals surface area contributed by atoms with Crippen molar-refractivity contribution < 1.29 is 29.0 Å². The number of aryl methyl sites for hydroxylation is 1. The number of methoxy groups -OCH3 is 1. The average molecular weight is 515 g/mol. The lowest BCUT2D eigenvalue weighted by atomic mass is 9.94. The standard InChI is InChI=1S/C27H31ClN2O6/c1-6-29(7-2)11-12-30-23(18-9-8-10-19(15-18)36-17(4)31)22(25(33)27(30)34)24(32)20-13-16(3)14-21(28)26(20)35-5/h8-10,13-15,23,32H,6-7,11-12H2,1-5H3/b24-22+. The Hall–Kier alpha value is -3.36. The third-order valence-electron chi connectivity index (χ3n) is 6.17. The minimum atomic E-state index is -0.903. The van der Waals surface area contributed by atoms with Gasteiger partial charge in [-0.3, -0.25) is 14.4 Å². The molecular formula is C27H31ClN2O6. The highest BCUT2D eigenvalue weighted by molar-refractivity contribution is 6.46. The molecule has 1 amide bonds. The van der Waals surface area contributed by atoms with E-state index in [4.69, 9.17) is 21.1 Å². The Morgan fingerprint density at radius 1 is 1.17 bits per heavy atom. The first-order chi connectivity index (χ1) is 17.1. The van der Waals surface area contributed by atoms with Crippen molar-refractivity contribution in [1.82, 2.24) is 9.80 Å². The highest BCUT2D eigenvalue weighted by Gasteiger charge is 2.46. The molecule has 0 radical (unpaired) electrons. The van der Waals surface area contributed by atoms with E-state index in [1.54, 1.807) is 43.3 Å². The number of ketones is 1. The number of nitrogens with zero attached hydrogens (tertiary/aromatic N) is 2. The first-order valence-corrected chi connectivity index (χ1v) is 12.1. The summed E-state index contributed by atoms with van der Waals surface area (Å²) in [6.07, 6.45) is 0. The molecule has 9 heteroatoms. The van der Waals surface area contributed by atoms with Gasteiger partial charge in [-0.25, -0.2) is 0 Å². The van der Waals surface area contributed by atoms with E-state index in [0.29, 0.717) is 12.1 Å². The molecule has 1 unspecified atom stereocenters. The zero-order valence-electron chi connectivity index (χ0n) is 21.1. The normalized spacial score (nSPS) is 17.1. The molecule has 1 heterocycles. The molecule has 1 aliphatic heterocycles. The predicted octanol–water partition coefficient (Wildman–Crippen LogP) is 4.35. The maximum atomic E-state index is 13.3. The van der Waals surface area contributed by atoms with Crippen LogP contribution in [-0.2, 0) is 14.4 Å². The summed E-state index contributed by atoms with van der Waals surface area (Å²) in [5, 5.41) is 11.7. The second-order valence-electron chi connectivity index (χ2n) is 8.51. The number of carbonyl (C=O) groups excluding carboxylic acids is 3. The quantitative estimate of drug-likeness (QED) is 0.175. The molecule has 2 aromatic carbocycles. The van der Waals surface area contributed by atoms with Gasteiger partial charge in [-0.1, -0.05) is 37.6 Å². The average Bonchev–Trinajstić information content (AvgIpc) is 3.08. The molecule has 2 aromatic rings.